The van der Waals surface area contributed by atoms with Crippen molar-refractivity contribution >= 4 is 0 Å². The molecule has 0 spiro atoms. The van der Waals surface area contributed by atoms with Gasteiger partial charge >= 0.3 is 0 Å². The van der Waals surface area contributed by atoms with Crippen LogP contribution < -0.4 is 0 Å². The molecule has 0 aliphatic carbocycles. The fraction of sp³-hybridized carbons (Fsp3) is 0.833. The number of rotatable bonds is 8. The summed E-state index contributed by atoms with van der Waals surface area (Å²) >= 11 is 0. The monoisotopic (exact) mass is 225 g/mol. The van der Waals surface area contributed by atoms with Gasteiger partial charge in [-0.05, 0) is 39.5 Å². The number of unbranched alkanes of at least 4 members (excludes halogenated alkanes) is 1. The number of aromatic nitrogens is 3. The molecule has 0 amide bonds. The summed E-state index contributed by atoms with van der Waals surface area (Å²) < 4.78 is 7.40. The second-order valence-electron chi connectivity index (χ2n) is 4.35. The molecule has 0 radical (unpaired) electrons. The first-order valence-electron chi connectivity index (χ1n) is 6.23. The van der Waals surface area contributed by atoms with E-state index in [4.69, 9.17) is 4.74 Å². The summed E-state index contributed by atoms with van der Waals surface area (Å²) in [4.78, 5) is 0. The van der Waals surface area contributed by atoms with Gasteiger partial charge in [-0.3, -0.25) is 4.68 Å². The van der Waals surface area contributed by atoms with Crippen LogP contribution in [0.4, 0.5) is 0 Å². The van der Waals surface area contributed by atoms with E-state index >= 15 is 0 Å². The molecule has 0 N–H and O–H groups in total. The molecule has 0 fully saturated rings. The Morgan fingerprint density at radius 3 is 2.88 bits per heavy atom. The van der Waals surface area contributed by atoms with Crippen LogP contribution in [0.15, 0.2) is 6.20 Å². The average molecular weight is 225 g/mol. The van der Waals surface area contributed by atoms with Gasteiger partial charge in [-0.25, -0.2) is 0 Å². The largest absolute Gasteiger partial charge is 0.379 e. The van der Waals surface area contributed by atoms with Crippen molar-refractivity contribution in [3.63, 3.8) is 0 Å². The van der Waals surface area contributed by atoms with Crippen LogP contribution in [-0.4, -0.2) is 27.7 Å². The molecule has 1 aromatic rings. The molecule has 0 aliphatic heterocycles. The molecule has 0 saturated heterocycles. The van der Waals surface area contributed by atoms with E-state index < -0.39 is 0 Å². The molecule has 0 saturated carbocycles. The van der Waals surface area contributed by atoms with Crippen molar-refractivity contribution in [2.75, 3.05) is 6.61 Å². The van der Waals surface area contributed by atoms with E-state index in [1.165, 1.54) is 0 Å². The lowest BCUT2D eigenvalue weighted by molar-refractivity contribution is 0.0760. The molecule has 0 unspecified atom stereocenters. The molecule has 92 valence electrons. The maximum atomic E-state index is 5.48. The molecule has 0 atom stereocenters. The smallest absolute Gasteiger partial charge is 0.0827 e. The van der Waals surface area contributed by atoms with Gasteiger partial charge in [0.2, 0.25) is 0 Å². The quantitative estimate of drug-likeness (QED) is 0.638. The highest BCUT2D eigenvalue weighted by Gasteiger charge is 2.00. The summed E-state index contributed by atoms with van der Waals surface area (Å²) in [7, 11) is 0. The average Bonchev–Trinajstić information content (AvgIpc) is 2.65. The van der Waals surface area contributed by atoms with Crippen LogP contribution in [0.1, 0.15) is 45.7 Å². The third-order valence-electron chi connectivity index (χ3n) is 2.32. The van der Waals surface area contributed by atoms with Crippen LogP contribution >= 0.6 is 0 Å². The van der Waals surface area contributed by atoms with Crippen LogP contribution in [0, 0.1) is 0 Å². The van der Waals surface area contributed by atoms with Gasteiger partial charge in [0, 0.05) is 19.3 Å². The second-order valence-corrected chi connectivity index (χ2v) is 4.35. The molecular weight excluding hydrogens is 202 g/mol. The van der Waals surface area contributed by atoms with Crippen molar-refractivity contribution in [2.45, 2.75) is 59.1 Å². The standard InChI is InChI=1S/C12H23N3O/c1-4-8-15-10-12(13-14-15)7-5-6-9-16-11(2)3/h10-11H,4-9H2,1-3H3. The summed E-state index contributed by atoms with van der Waals surface area (Å²) in [6, 6.07) is 0. The molecule has 0 aliphatic rings. The Morgan fingerprint density at radius 2 is 2.19 bits per heavy atom. The number of hydrogen-bond donors (Lipinski definition) is 0. The lowest BCUT2D eigenvalue weighted by Gasteiger charge is -2.05. The lowest BCUT2D eigenvalue weighted by atomic mass is 10.2. The predicted octanol–water partition coefficient (Wildman–Crippen LogP) is 2.44. The Hall–Kier alpha value is -0.900. The molecule has 1 heterocycles. The summed E-state index contributed by atoms with van der Waals surface area (Å²) in [5.74, 6) is 0. The van der Waals surface area contributed by atoms with E-state index in [0.717, 1.165) is 44.5 Å². The summed E-state index contributed by atoms with van der Waals surface area (Å²) in [5.41, 5.74) is 1.10. The zero-order chi connectivity index (χ0) is 11.8. The minimum absolute atomic E-state index is 0.338. The van der Waals surface area contributed by atoms with E-state index in [1.54, 1.807) is 0 Å². The van der Waals surface area contributed by atoms with Gasteiger partial charge in [-0.1, -0.05) is 12.1 Å². The molecular formula is C12H23N3O. The van der Waals surface area contributed by atoms with E-state index in [1.807, 2.05) is 10.9 Å². The molecule has 4 heteroatoms. The van der Waals surface area contributed by atoms with Gasteiger partial charge in [-0.2, -0.15) is 0 Å². The third-order valence-corrected chi connectivity index (χ3v) is 2.32. The van der Waals surface area contributed by atoms with Crippen molar-refractivity contribution in [1.29, 1.82) is 0 Å². The van der Waals surface area contributed by atoms with Gasteiger partial charge in [-0.15, -0.1) is 5.10 Å². The molecule has 16 heavy (non-hydrogen) atoms. The minimum Gasteiger partial charge on any atom is -0.379 e. The Labute approximate surface area is 98.0 Å². The zero-order valence-corrected chi connectivity index (χ0v) is 10.6. The highest BCUT2D eigenvalue weighted by molar-refractivity contribution is 4.91. The Balaban J connectivity index is 2.12. The Morgan fingerprint density at radius 1 is 1.38 bits per heavy atom. The van der Waals surface area contributed by atoms with E-state index in [0.29, 0.717) is 6.10 Å². The number of hydrogen-bond acceptors (Lipinski definition) is 3. The fourth-order valence-corrected chi connectivity index (χ4v) is 1.52. The van der Waals surface area contributed by atoms with E-state index in [9.17, 15) is 0 Å². The van der Waals surface area contributed by atoms with E-state index in [2.05, 4.69) is 31.1 Å². The number of ether oxygens (including phenoxy) is 1. The number of nitrogens with zero attached hydrogens (tertiary/aromatic N) is 3. The van der Waals surface area contributed by atoms with Crippen LogP contribution in [0.2, 0.25) is 0 Å². The van der Waals surface area contributed by atoms with Gasteiger partial charge in [0.1, 0.15) is 0 Å². The normalized spacial score (nSPS) is 11.2. The van der Waals surface area contributed by atoms with Gasteiger partial charge in [0.25, 0.3) is 0 Å². The fourth-order valence-electron chi connectivity index (χ4n) is 1.52. The van der Waals surface area contributed by atoms with Crippen LogP contribution in [0.25, 0.3) is 0 Å². The van der Waals surface area contributed by atoms with Crippen LogP contribution in [0.3, 0.4) is 0 Å². The second kappa shape index (κ2) is 7.39. The summed E-state index contributed by atoms with van der Waals surface area (Å²) in [6.45, 7) is 8.08. The summed E-state index contributed by atoms with van der Waals surface area (Å²) in [5, 5.41) is 8.21. The first kappa shape index (κ1) is 13.2. The third kappa shape index (κ3) is 5.26. The number of aryl methyl sites for hydroxylation is 2. The van der Waals surface area contributed by atoms with Gasteiger partial charge < -0.3 is 4.74 Å². The first-order valence-corrected chi connectivity index (χ1v) is 6.23. The summed E-state index contributed by atoms with van der Waals surface area (Å²) in [6.07, 6.45) is 6.71. The zero-order valence-electron chi connectivity index (χ0n) is 10.6. The van der Waals surface area contributed by atoms with E-state index in [-0.39, 0.29) is 0 Å². The molecule has 1 aromatic heterocycles. The lowest BCUT2D eigenvalue weighted by Crippen LogP contribution is -2.04. The van der Waals surface area contributed by atoms with Gasteiger partial charge in [0.05, 0.1) is 11.8 Å². The maximum Gasteiger partial charge on any atom is 0.0827 e. The van der Waals surface area contributed by atoms with Crippen molar-refractivity contribution in [2.24, 2.45) is 0 Å². The van der Waals surface area contributed by atoms with Crippen LogP contribution in [0.5, 0.6) is 0 Å². The van der Waals surface area contributed by atoms with Gasteiger partial charge in [0.15, 0.2) is 0 Å². The maximum absolute atomic E-state index is 5.48. The topological polar surface area (TPSA) is 39.9 Å². The molecule has 1 rings (SSSR count). The van der Waals surface area contributed by atoms with Crippen molar-refractivity contribution in [1.82, 2.24) is 15.0 Å². The molecule has 4 nitrogen and oxygen atoms in total. The Bertz CT molecular complexity index is 284. The highest BCUT2D eigenvalue weighted by Crippen LogP contribution is 2.02. The highest BCUT2D eigenvalue weighted by atomic mass is 16.5. The Kier molecular flexibility index (Phi) is 6.08. The van der Waals surface area contributed by atoms with Crippen molar-refractivity contribution in [3.05, 3.63) is 11.9 Å². The first-order chi connectivity index (χ1) is 7.72. The van der Waals surface area contributed by atoms with Crippen LogP contribution in [-0.2, 0) is 17.7 Å². The SMILES string of the molecule is CCCn1cc(CCCCOC(C)C)nn1. The molecule has 0 aromatic carbocycles. The minimum atomic E-state index is 0.338. The predicted molar refractivity (Wildman–Crippen MR) is 64.3 cm³/mol. The molecule has 0 bridgehead atoms. The van der Waals surface area contributed by atoms with Crippen molar-refractivity contribution in [3.8, 4) is 0 Å². The van der Waals surface area contributed by atoms with Crippen molar-refractivity contribution < 1.29 is 4.74 Å².